The van der Waals surface area contributed by atoms with E-state index in [1.807, 2.05) is 0 Å². The van der Waals surface area contributed by atoms with Gasteiger partial charge in [-0.3, -0.25) is 4.79 Å². The quantitative estimate of drug-likeness (QED) is 0.401. The van der Waals surface area contributed by atoms with E-state index in [1.54, 1.807) is 0 Å². The van der Waals surface area contributed by atoms with Crippen LogP contribution in [-0.2, 0) is 4.79 Å². The van der Waals surface area contributed by atoms with Gasteiger partial charge in [-0.2, -0.15) is 0 Å². The average Bonchev–Trinajstić information content (AvgIpc) is 1.64. The molecule has 4 heteroatoms. The van der Waals surface area contributed by atoms with Crippen LogP contribution < -0.4 is 5.73 Å². The molecule has 0 aliphatic rings. The van der Waals surface area contributed by atoms with Crippen molar-refractivity contribution in [1.29, 1.82) is 0 Å². The molecule has 0 radical (unpaired) electrons. The number of aliphatic hydroxyl groups is 2. The number of nitrogens with two attached hydrogens (primary N) is 1. The van der Waals surface area contributed by atoms with Crippen molar-refractivity contribution in [2.24, 2.45) is 5.73 Å². The van der Waals surface area contributed by atoms with Crippen molar-refractivity contribution in [2.75, 3.05) is 0 Å². The summed E-state index contributed by atoms with van der Waals surface area (Å²) in [5, 5.41) is 16.9. The highest BCUT2D eigenvalue weighted by Gasteiger charge is 2.15. The zero-order chi connectivity index (χ0) is 6.73. The topological polar surface area (TPSA) is 83.6 Å². The standard InChI is InChI=1S/C4H9NO3/c1-2(6)3(7)4(5)8/h2-3,6-7H,1H3,(H2,5,8)/t2-,3+/m0/s1. The van der Waals surface area contributed by atoms with E-state index in [1.165, 1.54) is 6.92 Å². The number of hydrogen-bond donors (Lipinski definition) is 3. The van der Waals surface area contributed by atoms with Crippen LogP contribution in [0.25, 0.3) is 0 Å². The highest BCUT2D eigenvalue weighted by Crippen LogP contribution is 1.87. The summed E-state index contributed by atoms with van der Waals surface area (Å²) >= 11 is 0. The predicted molar refractivity (Wildman–Crippen MR) is 26.9 cm³/mol. The van der Waals surface area contributed by atoms with Gasteiger partial charge in [0.15, 0.2) is 6.10 Å². The average molecular weight is 119 g/mol. The van der Waals surface area contributed by atoms with E-state index in [2.05, 4.69) is 5.73 Å². The Hall–Kier alpha value is -0.610. The van der Waals surface area contributed by atoms with Crippen LogP contribution in [0.1, 0.15) is 6.92 Å². The molecule has 0 heterocycles. The smallest absolute Gasteiger partial charge is 0.248 e. The van der Waals surface area contributed by atoms with Gasteiger partial charge in [-0.25, -0.2) is 0 Å². The number of rotatable bonds is 2. The summed E-state index contributed by atoms with van der Waals surface area (Å²) < 4.78 is 0. The zero-order valence-electron chi connectivity index (χ0n) is 4.53. The maximum Gasteiger partial charge on any atom is 0.248 e. The van der Waals surface area contributed by atoms with Crippen molar-refractivity contribution >= 4 is 5.91 Å². The van der Waals surface area contributed by atoms with Crippen LogP contribution in [0.2, 0.25) is 0 Å². The first-order valence-corrected chi connectivity index (χ1v) is 2.21. The van der Waals surface area contributed by atoms with Crippen LogP contribution >= 0.6 is 0 Å². The lowest BCUT2D eigenvalue weighted by molar-refractivity contribution is -0.130. The van der Waals surface area contributed by atoms with E-state index in [0.29, 0.717) is 0 Å². The molecule has 0 aliphatic heterocycles. The van der Waals surface area contributed by atoms with E-state index < -0.39 is 18.1 Å². The molecule has 0 aliphatic carbocycles. The fraction of sp³-hybridized carbons (Fsp3) is 0.750. The van der Waals surface area contributed by atoms with Gasteiger partial charge in [-0.15, -0.1) is 0 Å². The second-order valence-electron chi connectivity index (χ2n) is 1.59. The summed E-state index contributed by atoms with van der Waals surface area (Å²) in [7, 11) is 0. The molecular formula is C4H9NO3. The number of primary amides is 1. The van der Waals surface area contributed by atoms with Gasteiger partial charge in [0.2, 0.25) is 5.91 Å². The van der Waals surface area contributed by atoms with Gasteiger partial charge in [-0.1, -0.05) is 0 Å². The van der Waals surface area contributed by atoms with Gasteiger partial charge in [0.1, 0.15) is 0 Å². The highest BCUT2D eigenvalue weighted by atomic mass is 16.3. The predicted octanol–water partition coefficient (Wildman–Crippen LogP) is -1.79. The molecular weight excluding hydrogens is 110 g/mol. The van der Waals surface area contributed by atoms with Crippen LogP contribution in [-0.4, -0.2) is 28.3 Å². The summed E-state index contributed by atoms with van der Waals surface area (Å²) in [6.07, 6.45) is -2.51. The Balaban J connectivity index is 3.64. The molecule has 0 aromatic rings. The van der Waals surface area contributed by atoms with Crippen molar-refractivity contribution < 1.29 is 15.0 Å². The third-order valence-corrected chi connectivity index (χ3v) is 0.748. The van der Waals surface area contributed by atoms with Crippen LogP contribution in [0.4, 0.5) is 0 Å². The number of carbonyl (C=O) groups is 1. The summed E-state index contributed by atoms with van der Waals surface area (Å²) in [5.74, 6) is -0.903. The zero-order valence-corrected chi connectivity index (χ0v) is 4.53. The fourth-order valence-electron chi connectivity index (χ4n) is 0.238. The van der Waals surface area contributed by atoms with Gasteiger partial charge in [0.25, 0.3) is 0 Å². The Morgan fingerprint density at radius 3 is 2.00 bits per heavy atom. The Kier molecular flexibility index (Phi) is 2.44. The third-order valence-electron chi connectivity index (χ3n) is 0.748. The lowest BCUT2D eigenvalue weighted by atomic mass is 10.2. The second-order valence-corrected chi connectivity index (χ2v) is 1.59. The fourth-order valence-corrected chi connectivity index (χ4v) is 0.238. The molecule has 8 heavy (non-hydrogen) atoms. The Bertz CT molecular complexity index is 91.3. The molecule has 0 aromatic heterocycles. The van der Waals surface area contributed by atoms with E-state index >= 15 is 0 Å². The van der Waals surface area contributed by atoms with E-state index in [-0.39, 0.29) is 0 Å². The van der Waals surface area contributed by atoms with Crippen LogP contribution in [0.3, 0.4) is 0 Å². The molecule has 0 saturated heterocycles. The third kappa shape index (κ3) is 1.90. The van der Waals surface area contributed by atoms with Crippen LogP contribution in [0.5, 0.6) is 0 Å². The summed E-state index contributed by atoms with van der Waals surface area (Å²) in [4.78, 5) is 9.95. The number of amides is 1. The number of carbonyl (C=O) groups excluding carboxylic acids is 1. The van der Waals surface area contributed by atoms with Crippen molar-refractivity contribution in [2.45, 2.75) is 19.1 Å². The van der Waals surface area contributed by atoms with Gasteiger partial charge in [0, 0.05) is 0 Å². The van der Waals surface area contributed by atoms with Crippen molar-refractivity contribution in [1.82, 2.24) is 0 Å². The lowest BCUT2D eigenvalue weighted by Gasteiger charge is -2.07. The first-order chi connectivity index (χ1) is 3.55. The molecule has 4 nitrogen and oxygen atoms in total. The first-order valence-electron chi connectivity index (χ1n) is 2.21. The first kappa shape index (κ1) is 7.39. The lowest BCUT2D eigenvalue weighted by Crippen LogP contribution is -2.36. The molecule has 1 amide bonds. The maximum absolute atomic E-state index is 9.95. The Morgan fingerprint density at radius 2 is 2.00 bits per heavy atom. The van der Waals surface area contributed by atoms with Gasteiger partial charge >= 0.3 is 0 Å². The van der Waals surface area contributed by atoms with Crippen LogP contribution in [0, 0.1) is 0 Å². The normalized spacial score (nSPS) is 17.4. The van der Waals surface area contributed by atoms with Crippen molar-refractivity contribution in [3.05, 3.63) is 0 Å². The number of aliphatic hydroxyl groups excluding tert-OH is 2. The molecule has 0 bridgehead atoms. The molecule has 48 valence electrons. The molecule has 4 N–H and O–H groups in total. The SMILES string of the molecule is C[C@H](O)[C@@H](O)C(N)=O. The van der Waals surface area contributed by atoms with Gasteiger partial charge in [-0.05, 0) is 6.92 Å². The molecule has 0 saturated carbocycles. The minimum atomic E-state index is -1.44. The van der Waals surface area contributed by atoms with E-state index in [4.69, 9.17) is 10.2 Å². The highest BCUT2D eigenvalue weighted by molar-refractivity contribution is 5.79. The minimum absolute atomic E-state index is 0.903. The minimum Gasteiger partial charge on any atom is -0.390 e. The van der Waals surface area contributed by atoms with Gasteiger partial charge in [0.05, 0.1) is 6.10 Å². The Morgan fingerprint density at radius 1 is 1.62 bits per heavy atom. The molecule has 0 aromatic carbocycles. The van der Waals surface area contributed by atoms with E-state index in [0.717, 1.165) is 0 Å². The molecule has 0 unspecified atom stereocenters. The summed E-state index contributed by atoms with van der Waals surface area (Å²) in [5.41, 5.74) is 4.59. The van der Waals surface area contributed by atoms with Crippen molar-refractivity contribution in [3.63, 3.8) is 0 Å². The summed E-state index contributed by atoms with van der Waals surface area (Å²) in [6, 6.07) is 0. The van der Waals surface area contributed by atoms with Crippen LogP contribution in [0.15, 0.2) is 0 Å². The van der Waals surface area contributed by atoms with E-state index in [9.17, 15) is 4.79 Å². The van der Waals surface area contributed by atoms with Crippen molar-refractivity contribution in [3.8, 4) is 0 Å². The molecule has 0 fully saturated rings. The number of hydrogen-bond acceptors (Lipinski definition) is 3. The maximum atomic E-state index is 9.95. The summed E-state index contributed by atoms with van der Waals surface area (Å²) in [6.45, 7) is 1.29. The Labute approximate surface area is 46.9 Å². The van der Waals surface area contributed by atoms with Gasteiger partial charge < -0.3 is 15.9 Å². The molecule has 0 rings (SSSR count). The second kappa shape index (κ2) is 2.64. The molecule has 0 spiro atoms. The monoisotopic (exact) mass is 119 g/mol. The largest absolute Gasteiger partial charge is 0.390 e. The molecule has 2 atom stereocenters.